The quantitative estimate of drug-likeness (QED) is 0.742. The van der Waals surface area contributed by atoms with E-state index < -0.39 is 34.5 Å². The maximum absolute atomic E-state index is 13.1. The molecule has 0 heterocycles. The van der Waals surface area contributed by atoms with Crippen LogP contribution in [-0.2, 0) is 19.6 Å². The minimum absolute atomic E-state index is 0.296. The second kappa shape index (κ2) is 6.09. The van der Waals surface area contributed by atoms with Crippen molar-refractivity contribution in [2.75, 3.05) is 13.7 Å². The number of halogens is 1. The second-order valence-corrected chi connectivity index (χ2v) is 5.47. The van der Waals surface area contributed by atoms with Gasteiger partial charge in [0, 0.05) is 0 Å². The molecule has 0 spiro atoms. The molecule has 0 amide bonds. The van der Waals surface area contributed by atoms with Gasteiger partial charge < -0.3 is 9.84 Å². The van der Waals surface area contributed by atoms with E-state index in [1.165, 1.54) is 13.0 Å². The first-order valence-corrected chi connectivity index (χ1v) is 6.77. The number of nitrogens with one attached hydrogen (secondary N) is 1. The standard InChI is InChI=1S/C11H14FNO5S/c1-7-3-4-8(12)5-10(7)19(16,17)13-9(6-14)11(15)18-2/h3-5,9,13-14H,6H2,1-2H3. The Morgan fingerprint density at radius 2 is 2.16 bits per heavy atom. The lowest BCUT2D eigenvalue weighted by molar-refractivity contribution is -0.143. The fourth-order valence-corrected chi connectivity index (χ4v) is 2.85. The van der Waals surface area contributed by atoms with Crippen LogP contribution in [0.3, 0.4) is 0 Å². The molecule has 0 saturated heterocycles. The molecule has 1 aromatic rings. The van der Waals surface area contributed by atoms with Crippen molar-refractivity contribution >= 4 is 16.0 Å². The number of aliphatic hydroxyl groups excluding tert-OH is 1. The largest absolute Gasteiger partial charge is 0.468 e. The van der Waals surface area contributed by atoms with Crippen LogP contribution in [0.4, 0.5) is 4.39 Å². The highest BCUT2D eigenvalue weighted by Crippen LogP contribution is 2.16. The van der Waals surface area contributed by atoms with E-state index in [0.29, 0.717) is 5.56 Å². The first kappa shape index (κ1) is 15.5. The van der Waals surface area contributed by atoms with Crippen molar-refractivity contribution in [2.24, 2.45) is 0 Å². The summed E-state index contributed by atoms with van der Waals surface area (Å²) >= 11 is 0. The number of hydrogen-bond donors (Lipinski definition) is 2. The van der Waals surface area contributed by atoms with Crippen molar-refractivity contribution in [1.82, 2.24) is 4.72 Å². The third kappa shape index (κ3) is 3.72. The van der Waals surface area contributed by atoms with Crippen LogP contribution in [0.1, 0.15) is 5.56 Å². The molecule has 8 heteroatoms. The molecule has 0 radical (unpaired) electrons. The van der Waals surface area contributed by atoms with Crippen LogP contribution in [0, 0.1) is 12.7 Å². The Morgan fingerprint density at radius 1 is 1.53 bits per heavy atom. The number of methoxy groups -OCH3 is 1. The maximum atomic E-state index is 13.1. The third-order valence-corrected chi connectivity index (χ3v) is 4.02. The van der Waals surface area contributed by atoms with Gasteiger partial charge in [-0.2, -0.15) is 4.72 Å². The minimum atomic E-state index is -4.13. The smallest absolute Gasteiger partial charge is 0.326 e. The van der Waals surface area contributed by atoms with Crippen LogP contribution in [0.25, 0.3) is 0 Å². The highest BCUT2D eigenvalue weighted by Gasteiger charge is 2.27. The molecule has 19 heavy (non-hydrogen) atoms. The Kier molecular flexibility index (Phi) is 4.98. The molecule has 1 atom stereocenters. The van der Waals surface area contributed by atoms with Gasteiger partial charge in [-0.15, -0.1) is 0 Å². The summed E-state index contributed by atoms with van der Waals surface area (Å²) in [7, 11) is -3.07. The summed E-state index contributed by atoms with van der Waals surface area (Å²) in [6.07, 6.45) is 0. The van der Waals surface area contributed by atoms with Gasteiger partial charge in [-0.3, -0.25) is 4.79 Å². The van der Waals surface area contributed by atoms with E-state index in [1.54, 1.807) is 0 Å². The number of ether oxygens (including phenoxy) is 1. The molecule has 1 unspecified atom stereocenters. The molecule has 6 nitrogen and oxygen atoms in total. The van der Waals surface area contributed by atoms with E-state index in [0.717, 1.165) is 19.2 Å². The van der Waals surface area contributed by atoms with Gasteiger partial charge in [0.2, 0.25) is 10.0 Å². The van der Waals surface area contributed by atoms with Crippen molar-refractivity contribution in [2.45, 2.75) is 17.9 Å². The third-order valence-electron chi connectivity index (χ3n) is 2.41. The lowest BCUT2D eigenvalue weighted by atomic mass is 10.2. The van der Waals surface area contributed by atoms with Crippen molar-refractivity contribution in [3.05, 3.63) is 29.6 Å². The van der Waals surface area contributed by atoms with E-state index in [1.807, 2.05) is 4.72 Å². The molecule has 0 bridgehead atoms. The number of carbonyl (C=O) groups is 1. The molecule has 0 aliphatic heterocycles. The number of aliphatic hydroxyl groups is 1. The summed E-state index contributed by atoms with van der Waals surface area (Å²) in [5.74, 6) is -1.65. The van der Waals surface area contributed by atoms with Gasteiger partial charge in [0.05, 0.1) is 18.6 Å². The van der Waals surface area contributed by atoms with Crippen LogP contribution < -0.4 is 4.72 Å². The van der Waals surface area contributed by atoms with Crippen LogP contribution in [0.2, 0.25) is 0 Å². The van der Waals surface area contributed by atoms with Gasteiger partial charge in [-0.05, 0) is 24.6 Å². The van der Waals surface area contributed by atoms with Crippen molar-refractivity contribution in [3.63, 3.8) is 0 Å². The number of benzene rings is 1. The van der Waals surface area contributed by atoms with Crippen LogP contribution in [0.5, 0.6) is 0 Å². The lowest BCUT2D eigenvalue weighted by Crippen LogP contribution is -2.44. The number of hydrogen-bond acceptors (Lipinski definition) is 5. The normalized spacial score (nSPS) is 13.1. The van der Waals surface area contributed by atoms with Crippen molar-refractivity contribution in [1.29, 1.82) is 0 Å². The van der Waals surface area contributed by atoms with Gasteiger partial charge in [0.15, 0.2) is 0 Å². The monoisotopic (exact) mass is 291 g/mol. The topological polar surface area (TPSA) is 92.7 Å². The van der Waals surface area contributed by atoms with Crippen LogP contribution in [0.15, 0.2) is 23.1 Å². The summed E-state index contributed by atoms with van der Waals surface area (Å²) < 4.78 is 43.4. The molecule has 0 aliphatic rings. The van der Waals surface area contributed by atoms with Gasteiger partial charge in [0.25, 0.3) is 0 Å². The summed E-state index contributed by atoms with van der Waals surface area (Å²) in [5.41, 5.74) is 0.315. The number of rotatable bonds is 5. The van der Waals surface area contributed by atoms with Gasteiger partial charge in [-0.25, -0.2) is 12.8 Å². The molecule has 0 aliphatic carbocycles. The highest BCUT2D eigenvalue weighted by atomic mass is 32.2. The predicted octanol–water partition coefficient (Wildman–Crippen LogP) is -0.0537. The SMILES string of the molecule is COC(=O)C(CO)NS(=O)(=O)c1cc(F)ccc1C. The summed E-state index contributed by atoms with van der Waals surface area (Å²) in [5, 5.41) is 8.96. The van der Waals surface area contributed by atoms with E-state index in [-0.39, 0.29) is 4.90 Å². The minimum Gasteiger partial charge on any atom is -0.468 e. The van der Waals surface area contributed by atoms with Crippen LogP contribution in [-0.4, -0.2) is 39.3 Å². The van der Waals surface area contributed by atoms with Crippen LogP contribution >= 0.6 is 0 Å². The zero-order valence-corrected chi connectivity index (χ0v) is 11.2. The Hall–Kier alpha value is -1.51. The molecule has 106 valence electrons. The fraction of sp³-hybridized carbons (Fsp3) is 0.364. The molecule has 1 rings (SSSR count). The molecule has 1 aromatic carbocycles. The number of esters is 1. The molecular weight excluding hydrogens is 277 g/mol. The van der Waals surface area contributed by atoms with Crippen molar-refractivity contribution in [3.8, 4) is 0 Å². The number of aryl methyl sites for hydroxylation is 1. The summed E-state index contributed by atoms with van der Waals surface area (Å²) in [6, 6.07) is 1.83. The Morgan fingerprint density at radius 3 is 2.68 bits per heavy atom. The predicted molar refractivity (Wildman–Crippen MR) is 64.3 cm³/mol. The Balaban J connectivity index is 3.10. The average Bonchev–Trinajstić information content (AvgIpc) is 2.37. The summed E-state index contributed by atoms with van der Waals surface area (Å²) in [4.78, 5) is 10.9. The zero-order valence-electron chi connectivity index (χ0n) is 10.4. The number of carbonyl (C=O) groups excluding carboxylic acids is 1. The number of sulfonamides is 1. The zero-order chi connectivity index (χ0) is 14.6. The average molecular weight is 291 g/mol. The Bertz CT molecular complexity index is 572. The molecule has 0 aromatic heterocycles. The fourth-order valence-electron chi connectivity index (χ4n) is 1.42. The summed E-state index contributed by atoms with van der Waals surface area (Å²) in [6.45, 7) is 0.723. The first-order chi connectivity index (χ1) is 8.81. The first-order valence-electron chi connectivity index (χ1n) is 5.29. The molecule has 2 N–H and O–H groups in total. The van der Waals surface area contributed by atoms with E-state index in [4.69, 9.17) is 5.11 Å². The van der Waals surface area contributed by atoms with Gasteiger partial charge >= 0.3 is 5.97 Å². The van der Waals surface area contributed by atoms with Gasteiger partial charge in [0.1, 0.15) is 11.9 Å². The second-order valence-electron chi connectivity index (χ2n) is 3.79. The highest BCUT2D eigenvalue weighted by molar-refractivity contribution is 7.89. The Labute approximate surface area is 110 Å². The molecule has 0 saturated carbocycles. The van der Waals surface area contributed by atoms with Gasteiger partial charge in [-0.1, -0.05) is 6.07 Å². The van der Waals surface area contributed by atoms with E-state index in [2.05, 4.69) is 4.74 Å². The molecule has 0 fully saturated rings. The maximum Gasteiger partial charge on any atom is 0.326 e. The lowest BCUT2D eigenvalue weighted by Gasteiger charge is -2.15. The molecular formula is C11H14FNO5S. The van der Waals surface area contributed by atoms with E-state index in [9.17, 15) is 17.6 Å². The van der Waals surface area contributed by atoms with Crippen molar-refractivity contribution < 1.29 is 27.4 Å². The van der Waals surface area contributed by atoms with E-state index >= 15 is 0 Å².